The van der Waals surface area contributed by atoms with E-state index in [1.807, 2.05) is 38.1 Å². The zero-order valence-corrected chi connectivity index (χ0v) is 21.6. The van der Waals surface area contributed by atoms with Gasteiger partial charge in [-0.2, -0.15) is 0 Å². The number of amides is 3. The molecule has 190 valence electrons. The molecule has 4 rings (SSSR count). The number of hydrogen-bond donors (Lipinski definition) is 1. The predicted octanol–water partition coefficient (Wildman–Crippen LogP) is 5.11. The Labute approximate surface area is 220 Å². The Morgan fingerprint density at radius 2 is 1.70 bits per heavy atom. The van der Waals surface area contributed by atoms with Crippen molar-refractivity contribution in [3.63, 3.8) is 0 Å². The van der Waals surface area contributed by atoms with Crippen LogP contribution in [-0.2, 0) is 9.59 Å². The van der Waals surface area contributed by atoms with Gasteiger partial charge in [-0.05, 0) is 67.9 Å². The Bertz CT molecular complexity index is 1400. The van der Waals surface area contributed by atoms with Gasteiger partial charge in [-0.3, -0.25) is 14.4 Å². The van der Waals surface area contributed by atoms with Gasteiger partial charge in [-0.1, -0.05) is 23.7 Å². The summed E-state index contributed by atoms with van der Waals surface area (Å²) in [6, 6.07) is 19.1. The molecule has 1 aliphatic rings. The molecule has 1 heterocycles. The van der Waals surface area contributed by atoms with Gasteiger partial charge in [0.15, 0.2) is 0 Å². The van der Waals surface area contributed by atoms with Gasteiger partial charge in [-0.25, -0.2) is 4.90 Å². The summed E-state index contributed by atoms with van der Waals surface area (Å²) in [5.41, 5.74) is 2.98. The number of rotatable bonds is 8. The average molecular weight is 520 g/mol. The average Bonchev–Trinajstić information content (AvgIpc) is 3.11. The first-order valence-corrected chi connectivity index (χ1v) is 11.9. The number of ether oxygens (including phenoxy) is 2. The molecule has 0 radical (unpaired) electrons. The molecule has 1 aliphatic heterocycles. The van der Waals surface area contributed by atoms with Crippen LogP contribution in [0.25, 0.3) is 0 Å². The fourth-order valence-electron chi connectivity index (χ4n) is 4.04. The number of anilines is 3. The molecule has 0 atom stereocenters. The molecule has 0 saturated carbocycles. The van der Waals surface area contributed by atoms with E-state index in [4.69, 9.17) is 21.1 Å². The number of halogens is 1. The number of imide groups is 1. The smallest absolute Gasteiger partial charge is 0.283 e. The fourth-order valence-corrected chi connectivity index (χ4v) is 4.25. The summed E-state index contributed by atoms with van der Waals surface area (Å²) in [5.74, 6) is -0.728. The Morgan fingerprint density at radius 3 is 2.32 bits per heavy atom. The number of carbonyl (C=O) groups excluding carboxylic acids is 3. The molecule has 3 aromatic rings. The van der Waals surface area contributed by atoms with Gasteiger partial charge in [-0.15, -0.1) is 0 Å². The van der Waals surface area contributed by atoms with Crippen molar-refractivity contribution in [1.29, 1.82) is 0 Å². The molecular weight excluding hydrogens is 494 g/mol. The summed E-state index contributed by atoms with van der Waals surface area (Å²) in [5, 5.41) is 2.67. The molecule has 0 unspecified atom stereocenters. The van der Waals surface area contributed by atoms with Crippen LogP contribution < -0.4 is 24.6 Å². The van der Waals surface area contributed by atoms with Crippen LogP contribution in [-0.4, -0.2) is 38.5 Å². The largest absolute Gasteiger partial charge is 0.497 e. The van der Waals surface area contributed by atoms with E-state index >= 15 is 0 Å². The number of methoxy groups -OCH3 is 2. The van der Waals surface area contributed by atoms with Crippen LogP contribution in [0.15, 0.2) is 77.5 Å². The van der Waals surface area contributed by atoms with E-state index in [0.29, 0.717) is 29.3 Å². The minimum atomic E-state index is -0.691. The molecule has 0 bridgehead atoms. The maximum Gasteiger partial charge on any atom is 0.283 e. The van der Waals surface area contributed by atoms with E-state index < -0.39 is 11.8 Å². The molecule has 0 saturated heterocycles. The molecule has 0 aliphatic carbocycles. The molecule has 0 aromatic heterocycles. The second-order valence-corrected chi connectivity index (χ2v) is 8.64. The molecule has 3 amide bonds. The van der Waals surface area contributed by atoms with Crippen molar-refractivity contribution >= 4 is 46.4 Å². The van der Waals surface area contributed by atoms with Crippen molar-refractivity contribution in [2.75, 3.05) is 35.9 Å². The zero-order valence-electron chi connectivity index (χ0n) is 20.9. The SMILES string of the molecule is CCN(C(=O)c1ccc(NC2=C(Cl)C(=O)N(c3cc(OC)ccc3OC)C2=O)cc1)c1cccc(C)c1. The van der Waals surface area contributed by atoms with E-state index in [1.165, 1.54) is 20.3 Å². The Morgan fingerprint density at radius 1 is 0.973 bits per heavy atom. The maximum atomic E-state index is 13.2. The molecule has 0 fully saturated rings. The van der Waals surface area contributed by atoms with Crippen molar-refractivity contribution in [2.45, 2.75) is 13.8 Å². The molecule has 37 heavy (non-hydrogen) atoms. The highest BCUT2D eigenvalue weighted by Crippen LogP contribution is 2.38. The summed E-state index contributed by atoms with van der Waals surface area (Å²) < 4.78 is 10.6. The van der Waals surface area contributed by atoms with E-state index in [-0.39, 0.29) is 22.3 Å². The molecule has 1 N–H and O–H groups in total. The van der Waals surface area contributed by atoms with E-state index in [0.717, 1.165) is 16.2 Å². The first-order chi connectivity index (χ1) is 17.8. The standard InChI is InChI=1S/C28H26ClN3O5/c1-5-31(20-8-6-7-17(2)15-20)26(33)18-9-11-19(12-10-18)30-25-24(29)27(34)32(28(25)35)22-16-21(36-3)13-14-23(22)37-4/h6-16,30H,5H2,1-4H3. The summed E-state index contributed by atoms with van der Waals surface area (Å²) in [7, 11) is 2.92. The molecule has 9 heteroatoms. The van der Waals surface area contributed by atoms with Crippen molar-refractivity contribution in [2.24, 2.45) is 0 Å². The lowest BCUT2D eigenvalue weighted by Crippen LogP contribution is -2.32. The van der Waals surface area contributed by atoms with Gasteiger partial charge in [0.05, 0.1) is 19.9 Å². The second kappa shape index (κ2) is 10.8. The summed E-state index contributed by atoms with van der Waals surface area (Å²) in [4.78, 5) is 41.9. The van der Waals surface area contributed by atoms with Crippen LogP contribution in [0.5, 0.6) is 11.5 Å². The lowest BCUT2D eigenvalue weighted by molar-refractivity contribution is -0.120. The van der Waals surface area contributed by atoms with Crippen LogP contribution in [0.2, 0.25) is 0 Å². The van der Waals surface area contributed by atoms with E-state index in [2.05, 4.69) is 5.32 Å². The van der Waals surface area contributed by atoms with Gasteiger partial charge in [0.25, 0.3) is 17.7 Å². The number of carbonyl (C=O) groups is 3. The van der Waals surface area contributed by atoms with Crippen LogP contribution in [0.3, 0.4) is 0 Å². The molecule has 8 nitrogen and oxygen atoms in total. The molecule has 3 aromatic carbocycles. The van der Waals surface area contributed by atoms with Gasteiger partial charge < -0.3 is 19.7 Å². The third-order valence-corrected chi connectivity index (χ3v) is 6.28. The lowest BCUT2D eigenvalue weighted by Gasteiger charge is -2.22. The monoisotopic (exact) mass is 519 g/mol. The van der Waals surface area contributed by atoms with Crippen LogP contribution >= 0.6 is 11.6 Å². The quantitative estimate of drug-likeness (QED) is 0.416. The number of nitrogens with zero attached hydrogens (tertiary/aromatic N) is 2. The number of benzene rings is 3. The predicted molar refractivity (Wildman–Crippen MR) is 144 cm³/mol. The molecular formula is C28H26ClN3O5. The van der Waals surface area contributed by atoms with Gasteiger partial charge in [0.2, 0.25) is 0 Å². The number of aryl methyl sites for hydroxylation is 1. The van der Waals surface area contributed by atoms with Crippen LogP contribution in [0, 0.1) is 6.92 Å². The van der Waals surface area contributed by atoms with E-state index in [9.17, 15) is 14.4 Å². The normalized spacial score (nSPS) is 13.2. The fraction of sp³-hybridized carbons (Fsp3) is 0.179. The Kier molecular flexibility index (Phi) is 7.50. The van der Waals surface area contributed by atoms with Gasteiger partial charge in [0, 0.05) is 29.5 Å². The third kappa shape index (κ3) is 5.01. The van der Waals surface area contributed by atoms with Gasteiger partial charge in [0.1, 0.15) is 22.2 Å². The minimum Gasteiger partial charge on any atom is -0.497 e. The van der Waals surface area contributed by atoms with Crippen molar-refractivity contribution < 1.29 is 23.9 Å². The topological polar surface area (TPSA) is 88.2 Å². The second-order valence-electron chi connectivity index (χ2n) is 8.26. The molecule has 0 spiro atoms. The summed E-state index contributed by atoms with van der Waals surface area (Å²) in [6.45, 7) is 4.39. The third-order valence-electron chi connectivity index (χ3n) is 5.93. The first kappa shape index (κ1) is 25.8. The van der Waals surface area contributed by atoms with Crippen LogP contribution in [0.4, 0.5) is 17.1 Å². The van der Waals surface area contributed by atoms with Gasteiger partial charge >= 0.3 is 0 Å². The zero-order chi connectivity index (χ0) is 26.7. The maximum absolute atomic E-state index is 13.2. The van der Waals surface area contributed by atoms with E-state index in [1.54, 1.807) is 41.3 Å². The number of hydrogen-bond acceptors (Lipinski definition) is 6. The number of nitrogens with one attached hydrogen (secondary N) is 1. The van der Waals surface area contributed by atoms with Crippen molar-refractivity contribution in [1.82, 2.24) is 0 Å². The van der Waals surface area contributed by atoms with Crippen LogP contribution in [0.1, 0.15) is 22.8 Å². The highest BCUT2D eigenvalue weighted by atomic mass is 35.5. The summed E-state index contributed by atoms with van der Waals surface area (Å²) >= 11 is 6.28. The highest BCUT2D eigenvalue weighted by Gasteiger charge is 2.40. The van der Waals surface area contributed by atoms with Crippen molar-refractivity contribution in [3.8, 4) is 11.5 Å². The summed E-state index contributed by atoms with van der Waals surface area (Å²) in [6.07, 6.45) is 0. The lowest BCUT2D eigenvalue weighted by atomic mass is 10.1. The Hall–Kier alpha value is -4.30. The first-order valence-electron chi connectivity index (χ1n) is 11.5. The Balaban J connectivity index is 1.55. The minimum absolute atomic E-state index is 0.0782. The van der Waals surface area contributed by atoms with Crippen molar-refractivity contribution in [3.05, 3.63) is 88.6 Å². The highest BCUT2D eigenvalue weighted by molar-refractivity contribution is 6.53.